The summed E-state index contributed by atoms with van der Waals surface area (Å²) in [4.78, 5) is 2.26. The predicted octanol–water partition coefficient (Wildman–Crippen LogP) is 7.48. The molecule has 0 aliphatic carbocycles. The molecule has 0 aliphatic heterocycles. The zero-order valence-corrected chi connectivity index (χ0v) is 20.8. The molecule has 0 fully saturated rings. The lowest BCUT2D eigenvalue weighted by molar-refractivity contribution is 0.0263. The molecule has 0 heterocycles. The standard InChI is InChI=1S/C30H33NO2.ClH/c1-31(2)28(25-13-5-3-6-14-25)20-22-32-29(26-15-7-4-8-16-26)21-23-33-30-19-11-17-24-12-9-10-18-27(24)30;/h3-19,28-29H,20-23H2,1-2H3;1H/t28-,29+;/m0./s1. The van der Waals surface area contributed by atoms with Crippen LogP contribution in [0, 0.1) is 0 Å². The van der Waals surface area contributed by atoms with Crippen molar-refractivity contribution < 1.29 is 9.47 Å². The molecule has 4 heteroatoms. The molecule has 4 aromatic rings. The van der Waals surface area contributed by atoms with Gasteiger partial charge in [-0.1, -0.05) is 97.1 Å². The summed E-state index contributed by atoms with van der Waals surface area (Å²) in [6.07, 6.45) is 1.73. The fraction of sp³-hybridized carbons (Fsp3) is 0.267. The van der Waals surface area contributed by atoms with Crippen LogP contribution in [0.5, 0.6) is 5.75 Å². The Bertz CT molecular complexity index is 1110. The van der Waals surface area contributed by atoms with Crippen molar-refractivity contribution in [2.45, 2.75) is 25.0 Å². The van der Waals surface area contributed by atoms with E-state index in [2.05, 4.69) is 104 Å². The lowest BCUT2D eigenvalue weighted by Gasteiger charge is -2.26. The Balaban J connectivity index is 0.00000324. The van der Waals surface area contributed by atoms with Gasteiger partial charge in [0.2, 0.25) is 0 Å². The van der Waals surface area contributed by atoms with E-state index in [9.17, 15) is 0 Å². The molecule has 0 unspecified atom stereocenters. The van der Waals surface area contributed by atoms with Crippen LogP contribution in [0.2, 0.25) is 0 Å². The molecule has 0 amide bonds. The molecule has 3 nitrogen and oxygen atoms in total. The fourth-order valence-corrected chi connectivity index (χ4v) is 4.33. The van der Waals surface area contributed by atoms with Gasteiger partial charge in [-0.2, -0.15) is 0 Å². The third-order valence-corrected chi connectivity index (χ3v) is 6.08. The zero-order valence-electron chi connectivity index (χ0n) is 20.0. The highest BCUT2D eigenvalue weighted by Gasteiger charge is 2.17. The van der Waals surface area contributed by atoms with E-state index in [-0.39, 0.29) is 18.5 Å². The van der Waals surface area contributed by atoms with Crippen LogP contribution < -0.4 is 4.74 Å². The third-order valence-electron chi connectivity index (χ3n) is 6.08. The van der Waals surface area contributed by atoms with Gasteiger partial charge in [0.1, 0.15) is 5.75 Å². The van der Waals surface area contributed by atoms with Gasteiger partial charge < -0.3 is 14.4 Å². The molecule has 4 rings (SSSR count). The smallest absolute Gasteiger partial charge is 0.127 e. The van der Waals surface area contributed by atoms with Crippen LogP contribution in [0.25, 0.3) is 10.8 Å². The first kappa shape index (κ1) is 25.8. The first-order chi connectivity index (χ1) is 16.2. The van der Waals surface area contributed by atoms with Crippen molar-refractivity contribution in [1.29, 1.82) is 0 Å². The average molecular weight is 476 g/mol. The van der Waals surface area contributed by atoms with Gasteiger partial charge in [0.15, 0.2) is 0 Å². The molecule has 0 bridgehead atoms. The van der Waals surface area contributed by atoms with E-state index in [4.69, 9.17) is 9.47 Å². The van der Waals surface area contributed by atoms with Gasteiger partial charge >= 0.3 is 0 Å². The molecule has 0 radical (unpaired) electrons. The maximum absolute atomic E-state index is 6.45. The molecule has 0 spiro atoms. The fourth-order valence-electron chi connectivity index (χ4n) is 4.33. The number of hydrogen-bond acceptors (Lipinski definition) is 3. The molecular weight excluding hydrogens is 442 g/mol. The monoisotopic (exact) mass is 475 g/mol. The lowest BCUT2D eigenvalue weighted by atomic mass is 10.0. The highest BCUT2D eigenvalue weighted by molar-refractivity contribution is 5.88. The Morgan fingerprint density at radius 3 is 1.97 bits per heavy atom. The molecule has 178 valence electrons. The van der Waals surface area contributed by atoms with Crippen LogP contribution in [0.3, 0.4) is 0 Å². The van der Waals surface area contributed by atoms with Crippen LogP contribution in [0.4, 0.5) is 0 Å². The third kappa shape index (κ3) is 6.83. The quantitative estimate of drug-likeness (QED) is 0.224. The van der Waals surface area contributed by atoms with Gasteiger partial charge in [-0.25, -0.2) is 0 Å². The van der Waals surface area contributed by atoms with E-state index in [1.54, 1.807) is 0 Å². The van der Waals surface area contributed by atoms with Crippen LogP contribution in [0.15, 0.2) is 103 Å². The second-order valence-corrected chi connectivity index (χ2v) is 8.56. The minimum Gasteiger partial charge on any atom is -0.493 e. The van der Waals surface area contributed by atoms with Crippen molar-refractivity contribution >= 4 is 23.2 Å². The van der Waals surface area contributed by atoms with Crippen molar-refractivity contribution in [2.75, 3.05) is 27.3 Å². The Hall–Kier alpha value is -2.85. The van der Waals surface area contributed by atoms with Gasteiger partial charge in [0, 0.05) is 24.5 Å². The number of hydrogen-bond donors (Lipinski definition) is 0. The molecular formula is C30H34ClNO2. The van der Waals surface area contributed by atoms with E-state index in [1.807, 2.05) is 18.2 Å². The highest BCUT2D eigenvalue weighted by atomic mass is 35.5. The molecule has 2 atom stereocenters. The Morgan fingerprint density at radius 1 is 0.647 bits per heavy atom. The number of rotatable bonds is 11. The molecule has 4 aromatic carbocycles. The number of nitrogens with zero attached hydrogens (tertiary/aromatic N) is 1. The van der Waals surface area contributed by atoms with Crippen molar-refractivity contribution in [1.82, 2.24) is 4.90 Å². The summed E-state index contributed by atoms with van der Waals surface area (Å²) in [5, 5.41) is 2.34. The number of ether oxygens (including phenoxy) is 2. The summed E-state index contributed by atoms with van der Waals surface area (Å²) in [7, 11) is 4.26. The van der Waals surface area contributed by atoms with Crippen molar-refractivity contribution in [3.63, 3.8) is 0 Å². The first-order valence-corrected chi connectivity index (χ1v) is 11.7. The Morgan fingerprint density at radius 2 is 1.26 bits per heavy atom. The summed E-state index contributed by atoms with van der Waals surface area (Å²) in [6, 6.07) is 36.0. The van der Waals surface area contributed by atoms with Crippen LogP contribution >= 0.6 is 12.4 Å². The average Bonchev–Trinajstić information content (AvgIpc) is 2.86. The molecule has 0 saturated carbocycles. The number of benzene rings is 4. The van der Waals surface area contributed by atoms with Crippen molar-refractivity contribution in [3.05, 3.63) is 114 Å². The van der Waals surface area contributed by atoms with E-state index >= 15 is 0 Å². The molecule has 0 saturated heterocycles. The maximum Gasteiger partial charge on any atom is 0.127 e. The normalized spacial score (nSPS) is 12.8. The number of fused-ring (bicyclic) bond motifs is 1. The summed E-state index contributed by atoms with van der Waals surface area (Å²) in [6.45, 7) is 1.29. The summed E-state index contributed by atoms with van der Waals surface area (Å²) in [5.74, 6) is 0.927. The van der Waals surface area contributed by atoms with Gasteiger partial charge in [0.05, 0.1) is 12.7 Å². The van der Waals surface area contributed by atoms with Crippen molar-refractivity contribution in [3.8, 4) is 5.75 Å². The van der Waals surface area contributed by atoms with Crippen molar-refractivity contribution in [2.24, 2.45) is 0 Å². The highest BCUT2D eigenvalue weighted by Crippen LogP contribution is 2.28. The predicted molar refractivity (Wildman–Crippen MR) is 144 cm³/mol. The molecule has 0 aliphatic rings. The largest absolute Gasteiger partial charge is 0.493 e. The maximum atomic E-state index is 6.45. The minimum absolute atomic E-state index is 0. The van der Waals surface area contributed by atoms with Crippen LogP contribution in [-0.4, -0.2) is 32.2 Å². The van der Waals surface area contributed by atoms with E-state index < -0.39 is 0 Å². The summed E-state index contributed by atoms with van der Waals surface area (Å²) in [5.41, 5.74) is 2.52. The summed E-state index contributed by atoms with van der Waals surface area (Å²) < 4.78 is 12.7. The lowest BCUT2D eigenvalue weighted by Crippen LogP contribution is -2.22. The molecule has 34 heavy (non-hydrogen) atoms. The summed E-state index contributed by atoms with van der Waals surface area (Å²) >= 11 is 0. The molecule has 0 N–H and O–H groups in total. The van der Waals surface area contributed by atoms with Gasteiger partial charge in [-0.15, -0.1) is 12.4 Å². The second kappa shape index (κ2) is 13.1. The van der Waals surface area contributed by atoms with Crippen LogP contribution in [0.1, 0.15) is 36.1 Å². The van der Waals surface area contributed by atoms with Gasteiger partial charge in [0.25, 0.3) is 0 Å². The van der Waals surface area contributed by atoms with E-state index in [0.29, 0.717) is 19.3 Å². The Kier molecular flexibility index (Phi) is 9.96. The Labute approximate surface area is 209 Å². The topological polar surface area (TPSA) is 21.7 Å². The first-order valence-electron chi connectivity index (χ1n) is 11.7. The SMILES string of the molecule is CN(C)[C@@H](CCO[C@H](CCOc1cccc2ccccc12)c1ccccc1)c1ccccc1.Cl. The zero-order chi connectivity index (χ0) is 22.9. The minimum atomic E-state index is -0.000220. The van der Waals surface area contributed by atoms with E-state index in [1.165, 1.54) is 16.5 Å². The second-order valence-electron chi connectivity index (χ2n) is 8.56. The van der Waals surface area contributed by atoms with Gasteiger partial charge in [-0.3, -0.25) is 0 Å². The number of halogens is 1. The van der Waals surface area contributed by atoms with Gasteiger partial charge in [-0.05, 0) is 43.1 Å². The molecule has 0 aromatic heterocycles. The van der Waals surface area contributed by atoms with Crippen LogP contribution in [-0.2, 0) is 4.74 Å². The van der Waals surface area contributed by atoms with E-state index in [0.717, 1.165) is 24.0 Å².